The molecule has 0 aromatic heterocycles. The largest absolute Gasteiger partial charge is 0.416 e. The summed E-state index contributed by atoms with van der Waals surface area (Å²) in [4.78, 5) is 0. The summed E-state index contributed by atoms with van der Waals surface area (Å²) in [7, 11) is 1.65. The van der Waals surface area contributed by atoms with Gasteiger partial charge < -0.3 is 10.1 Å². The molecule has 0 saturated carbocycles. The van der Waals surface area contributed by atoms with Crippen molar-refractivity contribution in [3.63, 3.8) is 0 Å². The van der Waals surface area contributed by atoms with Gasteiger partial charge in [0.2, 0.25) is 0 Å². The Morgan fingerprint density at radius 2 is 1.94 bits per heavy atom. The lowest BCUT2D eigenvalue weighted by atomic mass is 9.95. The first kappa shape index (κ1) is 13.4. The van der Waals surface area contributed by atoms with E-state index in [-0.39, 0.29) is 5.92 Å². The van der Waals surface area contributed by atoms with Crippen molar-refractivity contribution in [3.05, 3.63) is 35.4 Å². The predicted octanol–water partition coefficient (Wildman–Crippen LogP) is 2.80. The Bertz CT molecular complexity index is 388. The van der Waals surface area contributed by atoms with Gasteiger partial charge in [-0.05, 0) is 30.0 Å². The summed E-state index contributed by atoms with van der Waals surface area (Å²) < 4.78 is 42.4. The van der Waals surface area contributed by atoms with Crippen molar-refractivity contribution in [2.75, 3.05) is 20.3 Å². The van der Waals surface area contributed by atoms with Gasteiger partial charge in [0.15, 0.2) is 0 Å². The monoisotopic (exact) mass is 259 g/mol. The van der Waals surface area contributed by atoms with Crippen LogP contribution in [0.2, 0.25) is 0 Å². The van der Waals surface area contributed by atoms with E-state index in [4.69, 9.17) is 4.74 Å². The molecule has 0 bridgehead atoms. The maximum atomic E-state index is 12.4. The third-order valence-corrected chi connectivity index (χ3v) is 3.30. The number of halogens is 3. The Kier molecular flexibility index (Phi) is 3.92. The van der Waals surface area contributed by atoms with Gasteiger partial charge in [0.1, 0.15) is 0 Å². The molecule has 2 nitrogen and oxygen atoms in total. The van der Waals surface area contributed by atoms with E-state index in [1.807, 2.05) is 0 Å². The van der Waals surface area contributed by atoms with Crippen molar-refractivity contribution in [3.8, 4) is 0 Å². The van der Waals surface area contributed by atoms with E-state index in [1.54, 1.807) is 19.2 Å². The molecule has 1 aromatic rings. The molecule has 1 saturated heterocycles. The molecule has 0 amide bonds. The van der Waals surface area contributed by atoms with Gasteiger partial charge in [-0.2, -0.15) is 13.2 Å². The first-order chi connectivity index (χ1) is 8.50. The Balaban J connectivity index is 2.03. The van der Waals surface area contributed by atoms with Crippen LogP contribution in [0, 0.1) is 0 Å². The number of methoxy groups -OCH3 is 1. The van der Waals surface area contributed by atoms with Crippen LogP contribution in [-0.4, -0.2) is 26.3 Å². The van der Waals surface area contributed by atoms with Crippen LogP contribution in [0.3, 0.4) is 0 Å². The van der Waals surface area contributed by atoms with Crippen LogP contribution >= 0.6 is 0 Å². The van der Waals surface area contributed by atoms with Crippen molar-refractivity contribution >= 4 is 0 Å². The van der Waals surface area contributed by atoms with E-state index < -0.39 is 11.7 Å². The minimum absolute atomic E-state index is 0.271. The number of rotatable bonds is 3. The van der Waals surface area contributed by atoms with Gasteiger partial charge in [0.25, 0.3) is 0 Å². The van der Waals surface area contributed by atoms with Gasteiger partial charge in [-0.1, -0.05) is 12.1 Å². The molecule has 1 fully saturated rings. The molecular weight excluding hydrogens is 243 g/mol. The lowest BCUT2D eigenvalue weighted by Gasteiger charge is -2.12. The van der Waals surface area contributed by atoms with E-state index >= 15 is 0 Å². The summed E-state index contributed by atoms with van der Waals surface area (Å²) >= 11 is 0. The summed E-state index contributed by atoms with van der Waals surface area (Å²) in [5, 5.41) is 3.30. The van der Waals surface area contributed by atoms with Crippen molar-refractivity contribution in [2.24, 2.45) is 0 Å². The van der Waals surface area contributed by atoms with Gasteiger partial charge in [-0.3, -0.25) is 0 Å². The minimum atomic E-state index is -4.26. The highest BCUT2D eigenvalue weighted by Gasteiger charge is 2.31. The summed E-state index contributed by atoms with van der Waals surface area (Å²) in [5.74, 6) is 0.271. The van der Waals surface area contributed by atoms with Gasteiger partial charge in [0.05, 0.1) is 12.2 Å². The van der Waals surface area contributed by atoms with Crippen molar-refractivity contribution in [1.82, 2.24) is 5.32 Å². The molecule has 18 heavy (non-hydrogen) atoms. The molecule has 0 radical (unpaired) electrons. The average molecular weight is 259 g/mol. The van der Waals surface area contributed by atoms with Gasteiger partial charge in [0, 0.05) is 19.7 Å². The topological polar surface area (TPSA) is 21.3 Å². The molecule has 1 unspecified atom stereocenters. The zero-order chi connectivity index (χ0) is 13.2. The molecule has 0 spiro atoms. The minimum Gasteiger partial charge on any atom is -0.383 e. The summed E-state index contributed by atoms with van der Waals surface area (Å²) in [6.45, 7) is 1.43. The molecule has 1 aliphatic rings. The maximum Gasteiger partial charge on any atom is 0.416 e. The molecule has 1 aliphatic heterocycles. The summed E-state index contributed by atoms with van der Waals surface area (Å²) in [5.41, 5.74) is 0.361. The standard InChI is InChI=1S/C13H16F3NO/c1-18-8-12-6-10(7-17-12)9-2-4-11(5-3-9)13(14,15)16/h2-5,10,12,17H,6-8H2,1H3/t10?,12-/m0/s1. The second-order valence-electron chi connectivity index (χ2n) is 4.61. The number of ether oxygens (including phenoxy) is 1. The van der Waals surface area contributed by atoms with E-state index in [0.29, 0.717) is 12.6 Å². The van der Waals surface area contributed by atoms with E-state index in [2.05, 4.69) is 5.32 Å². The van der Waals surface area contributed by atoms with Crippen molar-refractivity contribution < 1.29 is 17.9 Å². The fourth-order valence-corrected chi connectivity index (χ4v) is 2.35. The Morgan fingerprint density at radius 1 is 1.28 bits per heavy atom. The van der Waals surface area contributed by atoms with E-state index in [1.165, 1.54) is 0 Å². The Hall–Kier alpha value is -1.07. The zero-order valence-corrected chi connectivity index (χ0v) is 10.1. The van der Waals surface area contributed by atoms with Crippen LogP contribution in [0.15, 0.2) is 24.3 Å². The molecule has 1 aromatic carbocycles. The van der Waals surface area contributed by atoms with Crippen LogP contribution < -0.4 is 5.32 Å². The van der Waals surface area contributed by atoms with Crippen LogP contribution in [0.4, 0.5) is 13.2 Å². The molecule has 1 N–H and O–H groups in total. The van der Waals surface area contributed by atoms with E-state index in [0.717, 1.165) is 30.7 Å². The number of benzene rings is 1. The zero-order valence-electron chi connectivity index (χ0n) is 10.1. The molecular formula is C13H16F3NO. The number of hydrogen-bond donors (Lipinski definition) is 1. The second-order valence-corrected chi connectivity index (χ2v) is 4.61. The summed E-state index contributed by atoms with van der Waals surface area (Å²) in [6.07, 6.45) is -3.36. The Morgan fingerprint density at radius 3 is 2.50 bits per heavy atom. The van der Waals surface area contributed by atoms with Gasteiger partial charge in [-0.25, -0.2) is 0 Å². The summed E-state index contributed by atoms with van der Waals surface area (Å²) in [6, 6.07) is 5.74. The van der Waals surface area contributed by atoms with E-state index in [9.17, 15) is 13.2 Å². The quantitative estimate of drug-likeness (QED) is 0.901. The Labute approximate surface area is 104 Å². The van der Waals surface area contributed by atoms with Gasteiger partial charge in [-0.15, -0.1) is 0 Å². The number of nitrogens with one attached hydrogen (secondary N) is 1. The van der Waals surface area contributed by atoms with Gasteiger partial charge >= 0.3 is 6.18 Å². The SMILES string of the molecule is COC[C@@H]1CC(c2ccc(C(F)(F)F)cc2)CN1. The maximum absolute atomic E-state index is 12.4. The number of hydrogen-bond acceptors (Lipinski definition) is 2. The molecule has 1 heterocycles. The highest BCUT2D eigenvalue weighted by Crippen LogP contribution is 2.32. The predicted molar refractivity (Wildman–Crippen MR) is 62.5 cm³/mol. The second kappa shape index (κ2) is 5.28. The fourth-order valence-electron chi connectivity index (χ4n) is 2.35. The first-order valence-electron chi connectivity index (χ1n) is 5.90. The average Bonchev–Trinajstić information content (AvgIpc) is 2.77. The molecule has 5 heteroatoms. The van der Waals surface area contributed by atoms with Crippen LogP contribution in [0.5, 0.6) is 0 Å². The lowest BCUT2D eigenvalue weighted by Crippen LogP contribution is -2.25. The van der Waals surface area contributed by atoms with Crippen LogP contribution in [0.25, 0.3) is 0 Å². The molecule has 0 aliphatic carbocycles. The van der Waals surface area contributed by atoms with Crippen molar-refractivity contribution in [1.29, 1.82) is 0 Å². The lowest BCUT2D eigenvalue weighted by molar-refractivity contribution is -0.137. The molecule has 2 atom stereocenters. The third kappa shape index (κ3) is 3.03. The van der Waals surface area contributed by atoms with Crippen LogP contribution in [-0.2, 0) is 10.9 Å². The van der Waals surface area contributed by atoms with Crippen LogP contribution in [0.1, 0.15) is 23.5 Å². The fraction of sp³-hybridized carbons (Fsp3) is 0.538. The molecule has 100 valence electrons. The third-order valence-electron chi connectivity index (χ3n) is 3.30. The molecule has 2 rings (SSSR count). The number of alkyl halides is 3. The normalized spacial score (nSPS) is 24.4. The highest BCUT2D eigenvalue weighted by atomic mass is 19.4. The van der Waals surface area contributed by atoms with Crippen molar-refractivity contribution in [2.45, 2.75) is 24.6 Å². The first-order valence-corrected chi connectivity index (χ1v) is 5.90. The smallest absolute Gasteiger partial charge is 0.383 e. The highest BCUT2D eigenvalue weighted by molar-refractivity contribution is 5.28.